The van der Waals surface area contributed by atoms with Crippen molar-refractivity contribution in [1.82, 2.24) is 5.43 Å². The molecule has 3 heteroatoms. The van der Waals surface area contributed by atoms with Gasteiger partial charge < -0.3 is 4.74 Å². The summed E-state index contributed by atoms with van der Waals surface area (Å²) in [6, 6.07) is 6.52. The monoisotopic (exact) mass is 220 g/mol. The SMILES string of the molecule is CC(C)(C)C(NN)c1ccc2c(c1)CCO2. The molecule has 0 amide bonds. The number of nitrogens with one attached hydrogen (secondary N) is 1. The Balaban J connectivity index is 2.33. The van der Waals surface area contributed by atoms with Gasteiger partial charge in [0.2, 0.25) is 0 Å². The summed E-state index contributed by atoms with van der Waals surface area (Å²) in [7, 11) is 0. The summed E-state index contributed by atoms with van der Waals surface area (Å²) in [6.45, 7) is 7.35. The molecule has 1 unspecified atom stereocenters. The van der Waals surface area contributed by atoms with Crippen LogP contribution < -0.4 is 16.0 Å². The van der Waals surface area contributed by atoms with Gasteiger partial charge in [-0.2, -0.15) is 0 Å². The molecule has 3 nitrogen and oxygen atoms in total. The molecular formula is C13H20N2O. The molecule has 1 aliphatic rings. The molecule has 3 N–H and O–H groups in total. The van der Waals surface area contributed by atoms with Crippen molar-refractivity contribution in [3.8, 4) is 5.75 Å². The molecule has 0 radical (unpaired) electrons. The van der Waals surface area contributed by atoms with Gasteiger partial charge in [-0.25, -0.2) is 0 Å². The first kappa shape index (κ1) is 11.4. The number of nitrogens with two attached hydrogens (primary N) is 1. The van der Waals surface area contributed by atoms with Gasteiger partial charge in [-0.3, -0.25) is 11.3 Å². The Labute approximate surface area is 97.0 Å². The van der Waals surface area contributed by atoms with E-state index in [4.69, 9.17) is 10.6 Å². The van der Waals surface area contributed by atoms with Gasteiger partial charge in [-0.1, -0.05) is 32.9 Å². The molecule has 1 aromatic rings. The topological polar surface area (TPSA) is 47.3 Å². The quantitative estimate of drug-likeness (QED) is 0.593. The van der Waals surface area contributed by atoms with Gasteiger partial charge >= 0.3 is 0 Å². The van der Waals surface area contributed by atoms with E-state index in [0.29, 0.717) is 0 Å². The van der Waals surface area contributed by atoms with E-state index in [2.05, 4.69) is 38.3 Å². The summed E-state index contributed by atoms with van der Waals surface area (Å²) in [5.74, 6) is 6.68. The van der Waals surface area contributed by atoms with E-state index in [-0.39, 0.29) is 11.5 Å². The normalized spacial score (nSPS) is 16.8. The lowest BCUT2D eigenvalue weighted by molar-refractivity contribution is 0.275. The fraction of sp³-hybridized carbons (Fsp3) is 0.538. The zero-order chi connectivity index (χ0) is 11.8. The van der Waals surface area contributed by atoms with Gasteiger partial charge in [0.05, 0.1) is 12.6 Å². The molecule has 0 fully saturated rings. The minimum Gasteiger partial charge on any atom is -0.493 e. The third-order valence-electron chi connectivity index (χ3n) is 3.08. The Morgan fingerprint density at radius 2 is 2.12 bits per heavy atom. The van der Waals surface area contributed by atoms with Crippen LogP contribution in [0.15, 0.2) is 18.2 Å². The van der Waals surface area contributed by atoms with Crippen LogP contribution in [-0.2, 0) is 6.42 Å². The van der Waals surface area contributed by atoms with Gasteiger partial charge in [-0.05, 0) is 22.6 Å². The van der Waals surface area contributed by atoms with Crippen molar-refractivity contribution in [2.75, 3.05) is 6.61 Å². The molecule has 0 aromatic heterocycles. The lowest BCUT2D eigenvalue weighted by Crippen LogP contribution is -2.36. The van der Waals surface area contributed by atoms with Gasteiger partial charge in [-0.15, -0.1) is 0 Å². The number of hydrazine groups is 1. The Bertz CT molecular complexity index is 382. The minimum absolute atomic E-state index is 0.0997. The number of benzene rings is 1. The zero-order valence-electron chi connectivity index (χ0n) is 10.2. The molecule has 0 spiro atoms. The largest absolute Gasteiger partial charge is 0.493 e. The summed E-state index contributed by atoms with van der Waals surface area (Å²) in [5.41, 5.74) is 5.54. The standard InChI is InChI=1S/C13H20N2O/c1-13(2,3)12(15-14)10-4-5-11-9(8-10)6-7-16-11/h4-5,8,12,15H,6-7,14H2,1-3H3. The first-order valence-electron chi connectivity index (χ1n) is 5.74. The van der Waals surface area contributed by atoms with Crippen LogP contribution >= 0.6 is 0 Å². The van der Waals surface area contributed by atoms with E-state index in [0.717, 1.165) is 18.8 Å². The average Bonchev–Trinajstić information content (AvgIpc) is 2.63. The molecule has 1 atom stereocenters. The Hall–Kier alpha value is -1.06. The lowest BCUT2D eigenvalue weighted by Gasteiger charge is -2.30. The van der Waals surface area contributed by atoms with Gasteiger partial charge in [0.15, 0.2) is 0 Å². The molecular weight excluding hydrogens is 200 g/mol. The van der Waals surface area contributed by atoms with Crippen molar-refractivity contribution in [1.29, 1.82) is 0 Å². The van der Waals surface area contributed by atoms with Crippen LogP contribution in [0.4, 0.5) is 0 Å². The van der Waals surface area contributed by atoms with Crippen LogP contribution in [-0.4, -0.2) is 6.61 Å². The molecule has 0 aliphatic carbocycles. The molecule has 1 aromatic carbocycles. The summed E-state index contributed by atoms with van der Waals surface area (Å²) >= 11 is 0. The summed E-state index contributed by atoms with van der Waals surface area (Å²) in [6.07, 6.45) is 1.00. The highest BCUT2D eigenvalue weighted by molar-refractivity contribution is 5.41. The Morgan fingerprint density at radius 3 is 2.75 bits per heavy atom. The van der Waals surface area contributed by atoms with Crippen LogP contribution in [0, 0.1) is 5.41 Å². The fourth-order valence-electron chi connectivity index (χ4n) is 2.23. The van der Waals surface area contributed by atoms with Crippen LogP contribution in [0.2, 0.25) is 0 Å². The van der Waals surface area contributed by atoms with Crippen LogP contribution in [0.25, 0.3) is 0 Å². The van der Waals surface area contributed by atoms with E-state index < -0.39 is 0 Å². The Kier molecular flexibility index (Phi) is 2.91. The highest BCUT2D eigenvalue weighted by atomic mass is 16.5. The predicted octanol–water partition coefficient (Wildman–Crippen LogP) is 2.17. The van der Waals surface area contributed by atoms with Gasteiger partial charge in [0.1, 0.15) is 5.75 Å². The summed E-state index contributed by atoms with van der Waals surface area (Å²) in [5, 5.41) is 0. The second-order valence-electron chi connectivity index (χ2n) is 5.43. The molecule has 1 aliphatic heterocycles. The number of rotatable bonds is 2. The van der Waals surface area contributed by atoms with Crippen molar-refractivity contribution in [3.05, 3.63) is 29.3 Å². The predicted molar refractivity (Wildman–Crippen MR) is 65.2 cm³/mol. The highest BCUT2D eigenvalue weighted by Crippen LogP contribution is 2.35. The minimum atomic E-state index is 0.0997. The maximum absolute atomic E-state index is 5.65. The van der Waals surface area contributed by atoms with E-state index >= 15 is 0 Å². The molecule has 0 bridgehead atoms. The molecule has 2 rings (SSSR count). The first-order valence-corrected chi connectivity index (χ1v) is 5.74. The second kappa shape index (κ2) is 4.07. The summed E-state index contributed by atoms with van der Waals surface area (Å²) in [4.78, 5) is 0. The number of fused-ring (bicyclic) bond motifs is 1. The van der Waals surface area contributed by atoms with Crippen LogP contribution in [0.5, 0.6) is 5.75 Å². The van der Waals surface area contributed by atoms with Crippen molar-refractivity contribution in [3.63, 3.8) is 0 Å². The lowest BCUT2D eigenvalue weighted by atomic mass is 9.82. The van der Waals surface area contributed by atoms with Crippen LogP contribution in [0.3, 0.4) is 0 Å². The fourth-order valence-corrected chi connectivity index (χ4v) is 2.23. The maximum Gasteiger partial charge on any atom is 0.122 e. The highest BCUT2D eigenvalue weighted by Gasteiger charge is 2.26. The molecule has 16 heavy (non-hydrogen) atoms. The third-order valence-corrected chi connectivity index (χ3v) is 3.08. The van der Waals surface area contributed by atoms with E-state index in [1.54, 1.807) is 0 Å². The number of ether oxygens (including phenoxy) is 1. The van der Waals surface area contributed by atoms with E-state index in [1.807, 2.05) is 6.07 Å². The molecule has 0 saturated carbocycles. The van der Waals surface area contributed by atoms with Gasteiger partial charge in [0.25, 0.3) is 0 Å². The van der Waals surface area contributed by atoms with Crippen molar-refractivity contribution >= 4 is 0 Å². The summed E-state index contributed by atoms with van der Waals surface area (Å²) < 4.78 is 5.50. The van der Waals surface area contributed by atoms with Crippen LogP contribution in [0.1, 0.15) is 37.9 Å². The second-order valence-corrected chi connectivity index (χ2v) is 5.43. The van der Waals surface area contributed by atoms with E-state index in [1.165, 1.54) is 11.1 Å². The third kappa shape index (κ3) is 2.06. The molecule has 0 saturated heterocycles. The van der Waals surface area contributed by atoms with E-state index in [9.17, 15) is 0 Å². The maximum atomic E-state index is 5.65. The first-order chi connectivity index (χ1) is 7.52. The van der Waals surface area contributed by atoms with Crippen molar-refractivity contribution in [2.45, 2.75) is 33.2 Å². The van der Waals surface area contributed by atoms with Crippen molar-refractivity contribution < 1.29 is 4.74 Å². The smallest absolute Gasteiger partial charge is 0.122 e. The van der Waals surface area contributed by atoms with Gasteiger partial charge in [0, 0.05) is 6.42 Å². The van der Waals surface area contributed by atoms with Crippen molar-refractivity contribution in [2.24, 2.45) is 11.3 Å². The number of hydrogen-bond acceptors (Lipinski definition) is 3. The Morgan fingerprint density at radius 1 is 1.38 bits per heavy atom. The number of hydrogen-bond donors (Lipinski definition) is 2. The average molecular weight is 220 g/mol. The molecule has 88 valence electrons. The molecule has 1 heterocycles. The zero-order valence-corrected chi connectivity index (χ0v) is 10.2.